The van der Waals surface area contributed by atoms with Crippen molar-refractivity contribution in [3.63, 3.8) is 0 Å². The number of aryl methyl sites for hydroxylation is 1. The Kier molecular flexibility index (Phi) is 2.97. The number of carboxylic acid groups (broad SMARTS) is 1. The second-order valence-electron chi connectivity index (χ2n) is 3.47. The molecule has 0 aliphatic rings. The van der Waals surface area contributed by atoms with E-state index in [0.29, 0.717) is 0 Å². The van der Waals surface area contributed by atoms with Gasteiger partial charge in [0, 0.05) is 6.20 Å². The molecule has 0 fully saturated rings. The average molecular weight is 299 g/mol. The van der Waals surface area contributed by atoms with E-state index in [-0.39, 0.29) is 15.7 Å². The van der Waals surface area contributed by atoms with Crippen LogP contribution in [0.25, 0.3) is 5.69 Å². The number of nitrogens with zero attached hydrogens (tertiary/aromatic N) is 2. The summed E-state index contributed by atoms with van der Waals surface area (Å²) in [6, 6.07) is 4.45. The number of carbonyl (C=O) groups is 1. The Morgan fingerprint density at radius 3 is 2.71 bits per heavy atom. The molecule has 88 valence electrons. The van der Waals surface area contributed by atoms with Crippen LogP contribution in [0.3, 0.4) is 0 Å². The zero-order valence-corrected chi connectivity index (χ0v) is 10.4. The van der Waals surface area contributed by atoms with Crippen molar-refractivity contribution in [1.29, 1.82) is 0 Å². The molecule has 1 N–H and O–H groups in total. The molecule has 2 aromatic rings. The average Bonchev–Trinajstić information content (AvgIpc) is 2.68. The minimum Gasteiger partial charge on any atom is -0.478 e. The summed E-state index contributed by atoms with van der Waals surface area (Å²) < 4.78 is 15.2. The SMILES string of the molecule is Cc1ccn(-c2ccc(C(=O)O)c(Br)c2F)n1. The molecule has 0 bridgehead atoms. The summed E-state index contributed by atoms with van der Waals surface area (Å²) in [5.74, 6) is -1.83. The van der Waals surface area contributed by atoms with Crippen LogP contribution in [0.15, 0.2) is 28.9 Å². The summed E-state index contributed by atoms with van der Waals surface area (Å²) in [6.07, 6.45) is 1.61. The Morgan fingerprint density at radius 2 is 2.18 bits per heavy atom. The number of hydrogen-bond donors (Lipinski definition) is 1. The highest BCUT2D eigenvalue weighted by atomic mass is 79.9. The quantitative estimate of drug-likeness (QED) is 0.927. The van der Waals surface area contributed by atoms with Crippen molar-refractivity contribution in [3.05, 3.63) is 45.9 Å². The topological polar surface area (TPSA) is 55.1 Å². The van der Waals surface area contributed by atoms with Crippen LogP contribution in [0.4, 0.5) is 4.39 Å². The van der Waals surface area contributed by atoms with E-state index in [4.69, 9.17) is 5.11 Å². The normalized spacial score (nSPS) is 10.5. The highest BCUT2D eigenvalue weighted by Gasteiger charge is 2.17. The fraction of sp³-hybridized carbons (Fsp3) is 0.0909. The van der Waals surface area contributed by atoms with Gasteiger partial charge in [0.1, 0.15) is 5.69 Å². The molecule has 4 nitrogen and oxygen atoms in total. The minimum absolute atomic E-state index is 0.0735. The number of hydrogen-bond acceptors (Lipinski definition) is 2. The molecule has 6 heteroatoms. The third-order valence-electron chi connectivity index (χ3n) is 2.26. The van der Waals surface area contributed by atoms with E-state index >= 15 is 0 Å². The van der Waals surface area contributed by atoms with E-state index in [2.05, 4.69) is 21.0 Å². The standard InChI is InChI=1S/C11H8BrFN2O2/c1-6-4-5-15(14-6)8-3-2-7(11(16)17)9(12)10(8)13/h2-5H,1H3,(H,16,17). The Hall–Kier alpha value is -1.69. The highest BCUT2D eigenvalue weighted by Crippen LogP contribution is 2.26. The third kappa shape index (κ3) is 2.08. The van der Waals surface area contributed by atoms with E-state index in [1.807, 2.05) is 0 Å². The Balaban J connectivity index is 2.58. The molecule has 1 aromatic carbocycles. The second-order valence-corrected chi connectivity index (χ2v) is 4.26. The van der Waals surface area contributed by atoms with Crippen molar-refractivity contribution in [1.82, 2.24) is 9.78 Å². The lowest BCUT2D eigenvalue weighted by Crippen LogP contribution is -2.04. The van der Waals surface area contributed by atoms with Gasteiger partial charge < -0.3 is 5.11 Å². The van der Waals surface area contributed by atoms with Gasteiger partial charge in [-0.2, -0.15) is 5.10 Å². The summed E-state index contributed by atoms with van der Waals surface area (Å²) in [6.45, 7) is 1.79. The molecule has 0 radical (unpaired) electrons. The number of halogens is 2. The number of aromatic nitrogens is 2. The first-order valence-corrected chi connectivity index (χ1v) is 5.54. The van der Waals surface area contributed by atoms with Crippen molar-refractivity contribution in [2.45, 2.75) is 6.92 Å². The first kappa shape index (κ1) is 11.8. The lowest BCUT2D eigenvalue weighted by molar-refractivity contribution is 0.0695. The zero-order valence-electron chi connectivity index (χ0n) is 8.82. The van der Waals surface area contributed by atoms with E-state index in [1.165, 1.54) is 16.8 Å². The lowest BCUT2D eigenvalue weighted by atomic mass is 10.2. The summed E-state index contributed by atoms with van der Waals surface area (Å²) in [5.41, 5.74) is 0.841. The summed E-state index contributed by atoms with van der Waals surface area (Å²) in [5, 5.41) is 12.9. The van der Waals surface area contributed by atoms with Gasteiger partial charge in [-0.05, 0) is 41.1 Å². The Morgan fingerprint density at radius 1 is 1.47 bits per heavy atom. The Bertz CT molecular complexity index is 595. The van der Waals surface area contributed by atoms with Crippen molar-refractivity contribution < 1.29 is 14.3 Å². The molecule has 2 rings (SSSR count). The number of aromatic carboxylic acids is 1. The van der Waals surface area contributed by atoms with Crippen LogP contribution in [0.1, 0.15) is 16.1 Å². The van der Waals surface area contributed by atoms with Crippen LogP contribution in [0.5, 0.6) is 0 Å². The van der Waals surface area contributed by atoms with Crippen molar-refractivity contribution in [3.8, 4) is 5.69 Å². The lowest BCUT2D eigenvalue weighted by Gasteiger charge is -2.07. The van der Waals surface area contributed by atoms with Crippen molar-refractivity contribution in [2.24, 2.45) is 0 Å². The van der Waals surface area contributed by atoms with Gasteiger partial charge in [-0.1, -0.05) is 0 Å². The van der Waals surface area contributed by atoms with Crippen molar-refractivity contribution in [2.75, 3.05) is 0 Å². The number of rotatable bonds is 2. The number of benzene rings is 1. The second kappa shape index (κ2) is 4.29. The molecule has 0 spiro atoms. The maximum atomic E-state index is 13.9. The molecule has 1 aromatic heterocycles. The summed E-state index contributed by atoms with van der Waals surface area (Å²) in [7, 11) is 0. The number of carboxylic acids is 1. The molecule has 0 atom stereocenters. The van der Waals surface area contributed by atoms with Gasteiger partial charge in [0.25, 0.3) is 0 Å². The van der Waals surface area contributed by atoms with Gasteiger partial charge in [-0.3, -0.25) is 0 Å². The molecule has 1 heterocycles. The third-order valence-corrected chi connectivity index (χ3v) is 3.04. The van der Waals surface area contributed by atoms with E-state index in [9.17, 15) is 9.18 Å². The van der Waals surface area contributed by atoms with Gasteiger partial charge in [-0.15, -0.1) is 0 Å². The molecule has 0 amide bonds. The molecular weight excluding hydrogens is 291 g/mol. The predicted molar refractivity (Wildman–Crippen MR) is 62.9 cm³/mol. The monoisotopic (exact) mass is 298 g/mol. The fourth-order valence-electron chi connectivity index (χ4n) is 1.43. The van der Waals surface area contributed by atoms with Crippen LogP contribution in [-0.4, -0.2) is 20.9 Å². The maximum absolute atomic E-state index is 13.9. The largest absolute Gasteiger partial charge is 0.478 e. The molecule has 0 unspecified atom stereocenters. The molecule has 0 saturated carbocycles. The fourth-order valence-corrected chi connectivity index (χ4v) is 1.94. The Labute approximate surface area is 105 Å². The first-order chi connectivity index (χ1) is 8.00. The van der Waals surface area contributed by atoms with Crippen LogP contribution in [-0.2, 0) is 0 Å². The smallest absolute Gasteiger partial charge is 0.336 e. The van der Waals surface area contributed by atoms with Gasteiger partial charge in [0.05, 0.1) is 15.7 Å². The highest BCUT2D eigenvalue weighted by molar-refractivity contribution is 9.10. The summed E-state index contributed by atoms with van der Waals surface area (Å²) in [4.78, 5) is 10.8. The molecule has 17 heavy (non-hydrogen) atoms. The van der Waals surface area contributed by atoms with Crippen LogP contribution in [0.2, 0.25) is 0 Å². The van der Waals surface area contributed by atoms with E-state index < -0.39 is 11.8 Å². The molecule has 0 saturated heterocycles. The zero-order chi connectivity index (χ0) is 12.6. The van der Waals surface area contributed by atoms with E-state index in [1.54, 1.807) is 19.2 Å². The van der Waals surface area contributed by atoms with Gasteiger partial charge in [0.2, 0.25) is 0 Å². The van der Waals surface area contributed by atoms with Gasteiger partial charge >= 0.3 is 5.97 Å². The van der Waals surface area contributed by atoms with Crippen LogP contribution >= 0.6 is 15.9 Å². The van der Waals surface area contributed by atoms with Crippen molar-refractivity contribution >= 4 is 21.9 Å². The van der Waals surface area contributed by atoms with Crippen LogP contribution in [0, 0.1) is 12.7 Å². The first-order valence-electron chi connectivity index (χ1n) is 4.74. The molecular formula is C11H8BrFN2O2. The van der Waals surface area contributed by atoms with Crippen LogP contribution < -0.4 is 0 Å². The summed E-state index contributed by atoms with van der Waals surface area (Å²) >= 11 is 2.94. The predicted octanol–water partition coefficient (Wildman–Crippen LogP) is 2.78. The molecule has 0 aliphatic carbocycles. The van der Waals surface area contributed by atoms with Gasteiger partial charge in [-0.25, -0.2) is 13.9 Å². The van der Waals surface area contributed by atoms with E-state index in [0.717, 1.165) is 5.69 Å². The van der Waals surface area contributed by atoms with Gasteiger partial charge in [0.15, 0.2) is 5.82 Å². The minimum atomic E-state index is -1.18. The molecule has 0 aliphatic heterocycles. The maximum Gasteiger partial charge on any atom is 0.336 e.